The van der Waals surface area contributed by atoms with Gasteiger partial charge in [0, 0.05) is 37.9 Å². The number of hydrogen-bond acceptors (Lipinski definition) is 4. The number of halogens is 1. The van der Waals surface area contributed by atoms with Crippen LogP contribution in [0.4, 0.5) is 4.39 Å². The van der Waals surface area contributed by atoms with Crippen LogP contribution < -0.4 is 5.46 Å². The Labute approximate surface area is 105 Å². The van der Waals surface area contributed by atoms with Crippen molar-refractivity contribution in [3.63, 3.8) is 0 Å². The lowest BCUT2D eigenvalue weighted by atomic mass is 9.79. The van der Waals surface area contributed by atoms with Gasteiger partial charge >= 0.3 is 7.12 Å². The Hall–Kier alpha value is -1.24. The summed E-state index contributed by atoms with van der Waals surface area (Å²) in [6, 6.07) is 4.36. The topological polar surface area (TPSA) is 60.8 Å². The molecule has 1 aromatic rings. The van der Waals surface area contributed by atoms with E-state index in [0.717, 1.165) is 5.56 Å². The summed E-state index contributed by atoms with van der Waals surface area (Å²) in [6.45, 7) is 1.97. The molecule has 2 rings (SSSR count). The average Bonchev–Trinajstić information content (AvgIpc) is 2.32. The first kappa shape index (κ1) is 13.2. The summed E-state index contributed by atoms with van der Waals surface area (Å²) in [5, 5.41) is 17.8. The number of ketones is 1. The van der Waals surface area contributed by atoms with Crippen molar-refractivity contribution in [2.45, 2.75) is 19.4 Å². The summed E-state index contributed by atoms with van der Waals surface area (Å²) < 4.78 is 13.5. The van der Waals surface area contributed by atoms with E-state index in [0.29, 0.717) is 32.5 Å². The highest BCUT2D eigenvalue weighted by Crippen LogP contribution is 2.11. The minimum absolute atomic E-state index is 0.118. The molecule has 1 fully saturated rings. The third kappa shape index (κ3) is 3.16. The fraction of sp³-hybridized carbons (Fsp3) is 0.417. The molecule has 1 aliphatic rings. The molecule has 2 N–H and O–H groups in total. The number of piperidine rings is 1. The van der Waals surface area contributed by atoms with E-state index < -0.39 is 12.9 Å². The first-order valence-corrected chi connectivity index (χ1v) is 5.95. The summed E-state index contributed by atoms with van der Waals surface area (Å²) in [4.78, 5) is 13.2. The van der Waals surface area contributed by atoms with E-state index in [1.165, 1.54) is 12.1 Å². The number of likely N-dealkylation sites (tertiary alicyclic amines) is 1. The highest BCUT2D eigenvalue weighted by molar-refractivity contribution is 6.58. The molecule has 0 aliphatic carbocycles. The van der Waals surface area contributed by atoms with E-state index >= 15 is 0 Å². The van der Waals surface area contributed by atoms with E-state index in [1.54, 1.807) is 6.07 Å². The standard InChI is InChI=1S/C12H15BFNO3/c14-12-7-9(1-2-11(12)13(17)18)8-15-5-3-10(16)4-6-15/h1-2,7,17-18H,3-6,8H2. The van der Waals surface area contributed by atoms with Crippen molar-refractivity contribution in [1.29, 1.82) is 0 Å². The van der Waals surface area contributed by atoms with Crippen molar-refractivity contribution in [3.8, 4) is 0 Å². The molecule has 1 heterocycles. The van der Waals surface area contributed by atoms with E-state index in [9.17, 15) is 9.18 Å². The van der Waals surface area contributed by atoms with Gasteiger partial charge in [0.25, 0.3) is 0 Å². The Kier molecular flexibility index (Phi) is 4.11. The largest absolute Gasteiger partial charge is 0.491 e. The highest BCUT2D eigenvalue weighted by Gasteiger charge is 2.19. The van der Waals surface area contributed by atoms with Crippen LogP contribution in [0.25, 0.3) is 0 Å². The van der Waals surface area contributed by atoms with Crippen molar-refractivity contribution in [3.05, 3.63) is 29.6 Å². The molecule has 1 aliphatic heterocycles. The zero-order chi connectivity index (χ0) is 13.1. The minimum atomic E-state index is -1.79. The van der Waals surface area contributed by atoms with Crippen LogP contribution in [0.15, 0.2) is 18.2 Å². The van der Waals surface area contributed by atoms with Gasteiger partial charge in [0.2, 0.25) is 0 Å². The summed E-state index contributed by atoms with van der Waals surface area (Å²) in [5.74, 6) is -0.341. The first-order chi connectivity index (χ1) is 8.56. The SMILES string of the molecule is O=C1CCN(Cc2ccc(B(O)O)c(F)c2)CC1. The molecule has 18 heavy (non-hydrogen) atoms. The van der Waals surface area contributed by atoms with Gasteiger partial charge in [-0.05, 0) is 11.6 Å². The molecule has 0 spiro atoms. The number of nitrogens with zero attached hydrogens (tertiary/aromatic N) is 1. The monoisotopic (exact) mass is 251 g/mol. The van der Waals surface area contributed by atoms with Crippen LogP contribution in [0.2, 0.25) is 0 Å². The van der Waals surface area contributed by atoms with E-state index in [1.807, 2.05) is 0 Å². The molecular weight excluding hydrogens is 236 g/mol. The van der Waals surface area contributed by atoms with Crippen molar-refractivity contribution < 1.29 is 19.2 Å². The maximum atomic E-state index is 13.5. The first-order valence-electron chi connectivity index (χ1n) is 5.95. The Morgan fingerprint density at radius 2 is 1.94 bits per heavy atom. The van der Waals surface area contributed by atoms with Crippen LogP contribution >= 0.6 is 0 Å². The Morgan fingerprint density at radius 3 is 2.50 bits per heavy atom. The third-order valence-electron chi connectivity index (χ3n) is 3.16. The number of Topliss-reactive ketones (excluding diaryl/α,β-unsaturated/α-hetero) is 1. The quantitative estimate of drug-likeness (QED) is 0.722. The van der Waals surface area contributed by atoms with Crippen LogP contribution in [-0.4, -0.2) is 40.9 Å². The van der Waals surface area contributed by atoms with E-state index in [-0.39, 0.29) is 11.2 Å². The van der Waals surface area contributed by atoms with Crippen LogP contribution in [0, 0.1) is 5.82 Å². The van der Waals surface area contributed by atoms with Gasteiger partial charge in [-0.2, -0.15) is 0 Å². The van der Waals surface area contributed by atoms with E-state index in [2.05, 4.69) is 4.90 Å². The van der Waals surface area contributed by atoms with Gasteiger partial charge < -0.3 is 10.0 Å². The molecule has 6 heteroatoms. The Bertz CT molecular complexity index is 443. The smallest absolute Gasteiger partial charge is 0.423 e. The van der Waals surface area contributed by atoms with Gasteiger partial charge in [0.1, 0.15) is 11.6 Å². The highest BCUT2D eigenvalue weighted by atomic mass is 19.1. The number of benzene rings is 1. The lowest BCUT2D eigenvalue weighted by molar-refractivity contribution is -0.121. The Balaban J connectivity index is 2.02. The fourth-order valence-electron chi connectivity index (χ4n) is 2.10. The van der Waals surface area contributed by atoms with Crippen molar-refractivity contribution in [2.24, 2.45) is 0 Å². The zero-order valence-corrected chi connectivity index (χ0v) is 9.97. The molecular formula is C12H15BFNO3. The molecule has 4 nitrogen and oxygen atoms in total. The molecule has 1 aromatic carbocycles. The van der Waals surface area contributed by atoms with Gasteiger partial charge in [0.05, 0.1) is 0 Å². The molecule has 0 unspecified atom stereocenters. The van der Waals surface area contributed by atoms with E-state index in [4.69, 9.17) is 10.0 Å². The van der Waals surface area contributed by atoms with Gasteiger partial charge in [-0.15, -0.1) is 0 Å². The van der Waals surface area contributed by atoms with Crippen LogP contribution in [0.3, 0.4) is 0 Å². The van der Waals surface area contributed by atoms with Gasteiger partial charge in [-0.25, -0.2) is 4.39 Å². The maximum absolute atomic E-state index is 13.5. The summed E-state index contributed by atoms with van der Waals surface area (Å²) >= 11 is 0. The van der Waals surface area contributed by atoms with Crippen LogP contribution in [0.1, 0.15) is 18.4 Å². The average molecular weight is 251 g/mol. The second kappa shape index (κ2) is 5.60. The molecule has 0 amide bonds. The summed E-state index contributed by atoms with van der Waals surface area (Å²) in [7, 11) is -1.79. The molecule has 96 valence electrons. The second-order valence-corrected chi connectivity index (χ2v) is 4.54. The molecule has 0 bridgehead atoms. The molecule has 0 radical (unpaired) electrons. The van der Waals surface area contributed by atoms with Crippen molar-refractivity contribution in [2.75, 3.05) is 13.1 Å². The van der Waals surface area contributed by atoms with Gasteiger partial charge in [0.15, 0.2) is 0 Å². The molecule has 0 saturated carbocycles. The van der Waals surface area contributed by atoms with Crippen LogP contribution in [-0.2, 0) is 11.3 Å². The van der Waals surface area contributed by atoms with Crippen molar-refractivity contribution in [1.82, 2.24) is 4.90 Å². The number of rotatable bonds is 3. The Morgan fingerprint density at radius 1 is 1.28 bits per heavy atom. The minimum Gasteiger partial charge on any atom is -0.423 e. The fourth-order valence-corrected chi connectivity index (χ4v) is 2.10. The molecule has 1 saturated heterocycles. The second-order valence-electron chi connectivity index (χ2n) is 4.54. The number of hydrogen-bond donors (Lipinski definition) is 2. The predicted octanol–water partition coefficient (Wildman–Crippen LogP) is -0.330. The third-order valence-corrected chi connectivity index (χ3v) is 3.16. The number of carbonyl (C=O) groups excluding carboxylic acids is 1. The zero-order valence-electron chi connectivity index (χ0n) is 9.97. The lowest BCUT2D eigenvalue weighted by Gasteiger charge is -2.25. The van der Waals surface area contributed by atoms with Gasteiger partial charge in [-0.3, -0.25) is 9.69 Å². The predicted molar refractivity (Wildman–Crippen MR) is 65.7 cm³/mol. The van der Waals surface area contributed by atoms with Crippen LogP contribution in [0.5, 0.6) is 0 Å². The molecule has 0 aromatic heterocycles. The maximum Gasteiger partial charge on any atom is 0.491 e. The van der Waals surface area contributed by atoms with Gasteiger partial charge in [-0.1, -0.05) is 12.1 Å². The van der Waals surface area contributed by atoms with Crippen molar-refractivity contribution >= 4 is 18.4 Å². The normalized spacial score (nSPS) is 16.9. The molecule has 0 atom stereocenters. The summed E-state index contributed by atoms with van der Waals surface area (Å²) in [6.07, 6.45) is 1.10. The number of carbonyl (C=O) groups is 1. The lowest BCUT2D eigenvalue weighted by Crippen LogP contribution is -2.34. The summed E-state index contributed by atoms with van der Waals surface area (Å²) in [5.41, 5.74) is 0.652.